The smallest absolute Gasteiger partial charge is 0.406 e. The molecule has 1 unspecified atom stereocenters. The highest BCUT2D eigenvalue weighted by Gasteiger charge is 2.45. The molecule has 1 atom stereocenters. The van der Waals surface area contributed by atoms with Crippen molar-refractivity contribution in [3.8, 4) is 5.75 Å². The zero-order chi connectivity index (χ0) is 14.1. The van der Waals surface area contributed by atoms with Gasteiger partial charge in [-0.3, -0.25) is 0 Å². The molecule has 0 spiro atoms. The lowest BCUT2D eigenvalue weighted by Gasteiger charge is -2.25. The highest BCUT2D eigenvalue weighted by molar-refractivity contribution is 5.32. The van der Waals surface area contributed by atoms with Crippen molar-refractivity contribution < 1.29 is 17.9 Å². The Bertz CT molecular complexity index is 441. The Kier molecular flexibility index (Phi) is 3.76. The predicted molar refractivity (Wildman–Crippen MR) is 66.9 cm³/mol. The molecule has 0 saturated heterocycles. The second kappa shape index (κ2) is 5.04. The number of halogens is 3. The largest absolute Gasteiger partial charge is 0.573 e. The van der Waals surface area contributed by atoms with Crippen molar-refractivity contribution in [1.82, 2.24) is 5.32 Å². The van der Waals surface area contributed by atoms with Crippen LogP contribution in [0.4, 0.5) is 13.2 Å². The van der Waals surface area contributed by atoms with Gasteiger partial charge in [0, 0.05) is 6.04 Å². The van der Waals surface area contributed by atoms with E-state index < -0.39 is 6.36 Å². The molecule has 1 saturated carbocycles. The molecule has 0 heterocycles. The fraction of sp³-hybridized carbons (Fsp3) is 0.571. The molecule has 1 aliphatic carbocycles. The lowest BCUT2D eigenvalue weighted by Crippen LogP contribution is -2.28. The fourth-order valence-corrected chi connectivity index (χ4v) is 2.35. The van der Waals surface area contributed by atoms with Gasteiger partial charge in [-0.05, 0) is 42.5 Å². The molecular formula is C14H18F3NO. The molecule has 1 N–H and O–H groups in total. The number of alkyl halides is 3. The summed E-state index contributed by atoms with van der Waals surface area (Å²) in [5, 5.41) is 3.35. The second-order valence-corrected chi connectivity index (χ2v) is 5.27. The van der Waals surface area contributed by atoms with E-state index >= 15 is 0 Å². The summed E-state index contributed by atoms with van der Waals surface area (Å²) in [4.78, 5) is 0. The van der Waals surface area contributed by atoms with Crippen molar-refractivity contribution in [1.29, 1.82) is 0 Å². The average Bonchev–Trinajstić information content (AvgIpc) is 3.03. The third-order valence-corrected chi connectivity index (χ3v) is 3.57. The van der Waals surface area contributed by atoms with Crippen LogP contribution in [0.25, 0.3) is 0 Å². The molecule has 0 aromatic heterocycles. The first-order valence-corrected chi connectivity index (χ1v) is 6.43. The number of ether oxygens (including phenoxy) is 1. The van der Waals surface area contributed by atoms with Crippen LogP contribution in [0.1, 0.15) is 38.3 Å². The van der Waals surface area contributed by atoms with E-state index in [0.717, 1.165) is 24.9 Å². The van der Waals surface area contributed by atoms with Crippen LogP contribution in [0.5, 0.6) is 5.75 Å². The first-order valence-electron chi connectivity index (χ1n) is 6.43. The molecule has 1 fully saturated rings. The summed E-state index contributed by atoms with van der Waals surface area (Å²) < 4.78 is 40.7. The van der Waals surface area contributed by atoms with Gasteiger partial charge in [-0.25, -0.2) is 0 Å². The molecule has 1 aromatic rings. The first kappa shape index (κ1) is 14.2. The Balaban J connectivity index is 2.21. The van der Waals surface area contributed by atoms with Crippen molar-refractivity contribution in [2.24, 2.45) is 5.41 Å². The van der Waals surface area contributed by atoms with Crippen LogP contribution < -0.4 is 10.1 Å². The van der Waals surface area contributed by atoms with E-state index in [1.807, 2.05) is 13.0 Å². The maximum Gasteiger partial charge on any atom is 0.573 e. The number of hydrogen-bond acceptors (Lipinski definition) is 2. The topological polar surface area (TPSA) is 21.3 Å². The van der Waals surface area contributed by atoms with E-state index in [2.05, 4.69) is 17.0 Å². The van der Waals surface area contributed by atoms with Gasteiger partial charge in [-0.2, -0.15) is 0 Å². The zero-order valence-corrected chi connectivity index (χ0v) is 11.1. The van der Waals surface area contributed by atoms with Gasteiger partial charge < -0.3 is 10.1 Å². The molecule has 2 nitrogen and oxygen atoms in total. The van der Waals surface area contributed by atoms with Crippen molar-refractivity contribution >= 4 is 0 Å². The molecule has 5 heteroatoms. The minimum atomic E-state index is -4.64. The summed E-state index contributed by atoms with van der Waals surface area (Å²) >= 11 is 0. The van der Waals surface area contributed by atoms with Crippen molar-refractivity contribution in [3.63, 3.8) is 0 Å². The Morgan fingerprint density at radius 2 is 2.05 bits per heavy atom. The van der Waals surface area contributed by atoms with Crippen molar-refractivity contribution in [2.75, 3.05) is 6.54 Å². The SMILES string of the molecule is CCNC(c1cccc(OC(F)(F)F)c1)C1(C)CC1. The van der Waals surface area contributed by atoms with Gasteiger partial charge in [0.15, 0.2) is 0 Å². The minimum absolute atomic E-state index is 0.0780. The number of hydrogen-bond donors (Lipinski definition) is 1. The number of nitrogens with one attached hydrogen (secondary N) is 1. The summed E-state index contributed by atoms with van der Waals surface area (Å²) in [6.07, 6.45) is -2.46. The second-order valence-electron chi connectivity index (χ2n) is 5.27. The summed E-state index contributed by atoms with van der Waals surface area (Å²) in [6, 6.07) is 6.33. The molecule has 2 rings (SSSR count). The Morgan fingerprint density at radius 1 is 1.37 bits per heavy atom. The maximum atomic E-state index is 12.2. The third-order valence-electron chi connectivity index (χ3n) is 3.57. The minimum Gasteiger partial charge on any atom is -0.406 e. The summed E-state index contributed by atoms with van der Waals surface area (Å²) in [6.45, 7) is 4.93. The van der Waals surface area contributed by atoms with Crippen LogP contribution in [-0.4, -0.2) is 12.9 Å². The molecule has 0 aliphatic heterocycles. The predicted octanol–water partition coefficient (Wildman–Crippen LogP) is 4.04. The Morgan fingerprint density at radius 3 is 2.58 bits per heavy atom. The Labute approximate surface area is 111 Å². The molecule has 106 valence electrons. The molecule has 1 aromatic carbocycles. The maximum absolute atomic E-state index is 12.2. The van der Waals surface area contributed by atoms with Crippen LogP contribution in [-0.2, 0) is 0 Å². The van der Waals surface area contributed by atoms with Gasteiger partial charge in [0.1, 0.15) is 5.75 Å². The monoisotopic (exact) mass is 273 g/mol. The molecule has 0 radical (unpaired) electrons. The van der Waals surface area contributed by atoms with Gasteiger partial charge in [-0.15, -0.1) is 13.2 Å². The average molecular weight is 273 g/mol. The normalized spacial score (nSPS) is 19.0. The zero-order valence-electron chi connectivity index (χ0n) is 11.1. The van der Waals surface area contributed by atoms with E-state index in [-0.39, 0.29) is 17.2 Å². The highest BCUT2D eigenvalue weighted by atomic mass is 19.4. The molecule has 0 amide bonds. The third kappa shape index (κ3) is 3.62. The van der Waals surface area contributed by atoms with E-state index in [4.69, 9.17) is 0 Å². The van der Waals surface area contributed by atoms with Crippen LogP contribution >= 0.6 is 0 Å². The summed E-state index contributed by atoms with van der Waals surface area (Å²) in [5.41, 5.74) is 0.996. The van der Waals surface area contributed by atoms with E-state index in [0.29, 0.717) is 0 Å². The van der Waals surface area contributed by atoms with Crippen molar-refractivity contribution in [2.45, 2.75) is 39.1 Å². The lowest BCUT2D eigenvalue weighted by atomic mass is 9.91. The lowest BCUT2D eigenvalue weighted by molar-refractivity contribution is -0.274. The molecule has 0 bridgehead atoms. The fourth-order valence-electron chi connectivity index (χ4n) is 2.35. The van der Waals surface area contributed by atoms with Gasteiger partial charge >= 0.3 is 6.36 Å². The van der Waals surface area contributed by atoms with Crippen molar-refractivity contribution in [3.05, 3.63) is 29.8 Å². The van der Waals surface area contributed by atoms with E-state index in [1.165, 1.54) is 12.1 Å². The van der Waals surface area contributed by atoms with Crippen LogP contribution in [0.3, 0.4) is 0 Å². The summed E-state index contributed by atoms with van der Waals surface area (Å²) in [7, 11) is 0. The van der Waals surface area contributed by atoms with Gasteiger partial charge in [0.05, 0.1) is 0 Å². The molecule has 1 aliphatic rings. The van der Waals surface area contributed by atoms with Gasteiger partial charge in [-0.1, -0.05) is 26.0 Å². The number of rotatable bonds is 5. The van der Waals surface area contributed by atoms with Gasteiger partial charge in [0.2, 0.25) is 0 Å². The first-order chi connectivity index (χ1) is 8.84. The van der Waals surface area contributed by atoms with Gasteiger partial charge in [0.25, 0.3) is 0 Å². The standard InChI is InChI=1S/C14H18F3NO/c1-3-18-12(13(2)7-8-13)10-5-4-6-11(9-10)19-14(15,16)17/h4-6,9,12,18H,3,7-8H2,1-2H3. The quantitative estimate of drug-likeness (QED) is 0.874. The van der Waals surface area contributed by atoms with Crippen LogP contribution in [0, 0.1) is 5.41 Å². The van der Waals surface area contributed by atoms with Crippen LogP contribution in [0.15, 0.2) is 24.3 Å². The number of benzene rings is 1. The molecule has 19 heavy (non-hydrogen) atoms. The highest BCUT2D eigenvalue weighted by Crippen LogP contribution is 2.54. The van der Waals surface area contributed by atoms with E-state index in [9.17, 15) is 13.2 Å². The van der Waals surface area contributed by atoms with E-state index in [1.54, 1.807) is 6.07 Å². The Hall–Kier alpha value is -1.23. The van der Waals surface area contributed by atoms with Crippen LogP contribution in [0.2, 0.25) is 0 Å². The summed E-state index contributed by atoms with van der Waals surface area (Å²) in [5.74, 6) is -0.155. The molecular weight excluding hydrogens is 255 g/mol.